The van der Waals surface area contributed by atoms with E-state index in [-0.39, 0.29) is 75.8 Å². The molecule has 0 aliphatic carbocycles. The maximum Gasteiger partial charge on any atom is 0.416 e. The van der Waals surface area contributed by atoms with E-state index in [9.17, 15) is 59.9 Å². The topological polar surface area (TPSA) is 388 Å². The summed E-state index contributed by atoms with van der Waals surface area (Å²) in [7, 11) is -4.68. The average Bonchev–Trinajstić information content (AvgIpc) is 3.47. The maximum atomic E-state index is 14.3. The third-order valence-corrected chi connectivity index (χ3v) is 15.3. The number of benzene rings is 2. The van der Waals surface area contributed by atoms with Gasteiger partial charge in [-0.2, -0.15) is 17.5 Å². The van der Waals surface area contributed by atoms with Crippen molar-refractivity contribution in [1.29, 1.82) is 0 Å². The molecule has 2 rings (SSSR count). The van der Waals surface area contributed by atoms with Gasteiger partial charge in [0, 0.05) is 12.6 Å². The summed E-state index contributed by atoms with van der Waals surface area (Å²) in [5, 5.41) is 18.7. The van der Waals surface area contributed by atoms with Crippen LogP contribution in [0.15, 0.2) is 59.5 Å². The first-order chi connectivity index (χ1) is 39.4. The van der Waals surface area contributed by atoms with Gasteiger partial charge in [0.25, 0.3) is 0 Å². The number of hydrogen-bond acceptors (Lipinski definition) is 14. The molecule has 0 fully saturated rings. The van der Waals surface area contributed by atoms with Gasteiger partial charge in [-0.25, -0.2) is 8.42 Å². The summed E-state index contributed by atoms with van der Waals surface area (Å²) in [6.45, 7) is 11.8. The summed E-state index contributed by atoms with van der Waals surface area (Å²) in [4.78, 5) is 110. The van der Waals surface area contributed by atoms with Crippen molar-refractivity contribution in [2.24, 2.45) is 46.4 Å². The van der Waals surface area contributed by atoms with Gasteiger partial charge >= 0.3 is 6.18 Å². The lowest BCUT2D eigenvalue weighted by atomic mass is 9.99. The number of rotatable bonds is 40. The molecule has 0 aliphatic rings. The SMILES string of the molecule is CC(C)C[C@H](NC(=O)[C@H](CC(C)C)NC(=O)[C@H](CCCCN)NC(=O)[C@H](CCCCN)NC(=O)[C@H](CC(C)C)NC(=O)[C@H](C)NC(=O)[C@H](CCCCN)NC(=O)CN(C[C@@H](N)Cc1ccccc1)S(=O)(=O)c1ccc(C(F)(F)F)cc1)C(N)=O. The van der Waals surface area contributed by atoms with Crippen molar-refractivity contribution in [3.05, 3.63) is 65.7 Å². The van der Waals surface area contributed by atoms with Crippen molar-refractivity contribution >= 4 is 57.3 Å². The van der Waals surface area contributed by atoms with Crippen LogP contribution in [0.3, 0.4) is 0 Å². The first-order valence-corrected chi connectivity index (χ1v) is 30.4. The van der Waals surface area contributed by atoms with Crippen LogP contribution in [0.25, 0.3) is 0 Å². The van der Waals surface area contributed by atoms with Crippen LogP contribution in [0.5, 0.6) is 0 Å². The van der Waals surface area contributed by atoms with Gasteiger partial charge in [0.15, 0.2) is 0 Å². The molecule has 8 atom stereocenters. The molecule has 2 aromatic rings. The van der Waals surface area contributed by atoms with Crippen molar-refractivity contribution in [1.82, 2.24) is 41.5 Å². The number of halogens is 3. The van der Waals surface area contributed by atoms with Crippen molar-refractivity contribution in [3.8, 4) is 0 Å². The Balaban J connectivity index is 2.39. The van der Waals surface area contributed by atoms with Crippen molar-refractivity contribution < 1.29 is 59.9 Å². The van der Waals surface area contributed by atoms with E-state index in [4.69, 9.17) is 28.7 Å². The first-order valence-electron chi connectivity index (χ1n) is 28.9. The standard InChI is InChI=1S/C57H94F3N13O10S/c1-35(2)29-46(50(65)75)70-56(81)48(31-37(5)6)72-54(79)45(21-13-16-28-63)68-53(78)44(20-12-15-27-62)69-55(80)47(30-36(3)4)71-51(76)38(7)66-52(77)43(19-11-14-26-61)67-49(74)34-73(33-41(64)32-39-17-9-8-10-18-39)84(82,83)42-24-22-40(23-25-42)57(58,59)60/h8-10,17-18,22-25,35-38,41,43-48H,11-16,19-21,26-34,61-64H2,1-7H3,(H2,65,75)(H,66,77)(H,67,74)(H,68,78)(H,69,80)(H,70,81)(H,71,76)(H,72,79)/t38-,41-,43-,44-,45-,46-,47-,48-/m0/s1. The first kappa shape index (κ1) is 73.8. The van der Waals surface area contributed by atoms with Crippen molar-refractivity contribution in [2.75, 3.05) is 32.7 Å². The highest BCUT2D eigenvalue weighted by Gasteiger charge is 2.36. The number of amides is 8. The molecule has 27 heteroatoms. The highest BCUT2D eigenvalue weighted by molar-refractivity contribution is 7.89. The summed E-state index contributed by atoms with van der Waals surface area (Å²) in [5.74, 6) is -6.51. The normalized spacial score (nSPS) is 14.8. The number of nitrogens with two attached hydrogens (primary N) is 5. The smallest absolute Gasteiger partial charge is 0.368 e. The number of primary amides is 1. The monoisotopic (exact) mass is 1210 g/mol. The Morgan fingerprint density at radius 3 is 1.31 bits per heavy atom. The molecule has 0 radical (unpaired) electrons. The third-order valence-electron chi connectivity index (χ3n) is 13.5. The quantitative estimate of drug-likeness (QED) is 0.0423. The molecule has 0 aliphatic heterocycles. The van der Waals surface area contributed by atoms with Gasteiger partial charge in [0.05, 0.1) is 17.0 Å². The van der Waals surface area contributed by atoms with E-state index >= 15 is 0 Å². The maximum absolute atomic E-state index is 14.3. The number of carbonyl (C=O) groups excluding carboxylic acids is 8. The lowest BCUT2D eigenvalue weighted by Gasteiger charge is -2.28. The van der Waals surface area contributed by atoms with E-state index in [0.29, 0.717) is 57.2 Å². The molecule has 84 heavy (non-hydrogen) atoms. The van der Waals surface area contributed by atoms with Crippen LogP contribution >= 0.6 is 0 Å². The van der Waals surface area contributed by atoms with Gasteiger partial charge < -0.3 is 65.9 Å². The van der Waals surface area contributed by atoms with Crippen LogP contribution in [0.4, 0.5) is 13.2 Å². The summed E-state index contributed by atoms with van der Waals surface area (Å²) in [6, 6.07) is 2.11. The number of nitrogens with zero attached hydrogens (tertiary/aromatic N) is 1. The van der Waals surface area contributed by atoms with E-state index in [1.165, 1.54) is 6.92 Å². The van der Waals surface area contributed by atoms with Crippen molar-refractivity contribution in [3.63, 3.8) is 0 Å². The van der Waals surface area contributed by atoms with E-state index in [0.717, 1.165) is 22.0 Å². The van der Waals surface area contributed by atoms with Gasteiger partial charge in [-0.1, -0.05) is 71.9 Å². The molecule has 0 saturated carbocycles. The van der Waals surface area contributed by atoms with Gasteiger partial charge in [0.2, 0.25) is 57.3 Å². The van der Waals surface area contributed by atoms with Gasteiger partial charge in [0.1, 0.15) is 42.3 Å². The molecule has 0 bridgehead atoms. The number of alkyl halides is 3. The molecule has 0 saturated heterocycles. The lowest BCUT2D eigenvalue weighted by Crippen LogP contribution is -2.60. The number of sulfonamides is 1. The molecule has 0 heterocycles. The second kappa shape index (κ2) is 37.2. The molecular formula is C57H94F3N13O10S. The predicted molar refractivity (Wildman–Crippen MR) is 314 cm³/mol. The fourth-order valence-electron chi connectivity index (χ4n) is 9.03. The predicted octanol–water partition coefficient (Wildman–Crippen LogP) is 1.69. The van der Waals surface area contributed by atoms with E-state index in [1.54, 1.807) is 44.2 Å². The number of unbranched alkanes of at least 4 members (excludes halogenated alkanes) is 3. The highest BCUT2D eigenvalue weighted by atomic mass is 32.2. The third kappa shape index (κ3) is 27.2. The van der Waals surface area contributed by atoms with Gasteiger partial charge in [-0.3, -0.25) is 38.4 Å². The number of carbonyl (C=O) groups is 8. The summed E-state index contributed by atoms with van der Waals surface area (Å²) in [5.41, 5.74) is 28.9. The Morgan fingerprint density at radius 2 is 0.893 bits per heavy atom. The second-order valence-corrected chi connectivity index (χ2v) is 24.5. The highest BCUT2D eigenvalue weighted by Crippen LogP contribution is 2.30. The molecule has 8 amide bonds. The molecule has 0 unspecified atom stereocenters. The van der Waals surface area contributed by atoms with E-state index in [1.807, 2.05) is 27.7 Å². The summed E-state index contributed by atoms with van der Waals surface area (Å²) in [6.07, 6.45) is -1.48. The Hall–Kier alpha value is -6.26. The van der Waals surface area contributed by atoms with Crippen LogP contribution in [-0.4, -0.2) is 141 Å². The van der Waals surface area contributed by atoms with Crippen LogP contribution in [0.1, 0.15) is 137 Å². The van der Waals surface area contributed by atoms with Crippen molar-refractivity contribution in [2.45, 2.75) is 191 Å². The minimum absolute atomic E-state index is 0.0105. The molecule has 23 nitrogen and oxygen atoms in total. The summed E-state index contributed by atoms with van der Waals surface area (Å²) < 4.78 is 69.1. The van der Waals surface area contributed by atoms with Gasteiger partial charge in [-0.15, -0.1) is 0 Å². The zero-order chi connectivity index (χ0) is 63.3. The molecule has 474 valence electrons. The summed E-state index contributed by atoms with van der Waals surface area (Å²) >= 11 is 0. The molecular weight excluding hydrogens is 1120 g/mol. The van der Waals surface area contributed by atoms with E-state index in [2.05, 4.69) is 37.2 Å². The minimum Gasteiger partial charge on any atom is -0.368 e. The Kier molecular flexibility index (Phi) is 32.7. The average molecular weight is 1210 g/mol. The zero-order valence-corrected chi connectivity index (χ0v) is 50.6. The number of nitrogens with one attached hydrogen (secondary N) is 7. The molecule has 17 N–H and O–H groups in total. The molecule has 2 aromatic carbocycles. The van der Waals surface area contributed by atoms with Gasteiger partial charge in [-0.05, 0) is 158 Å². The Morgan fingerprint density at radius 1 is 0.512 bits per heavy atom. The molecule has 0 aromatic heterocycles. The Bertz CT molecular complexity index is 2510. The van der Waals surface area contributed by atoms with Crippen LogP contribution in [0, 0.1) is 17.8 Å². The van der Waals surface area contributed by atoms with Crippen LogP contribution in [0.2, 0.25) is 0 Å². The van der Waals surface area contributed by atoms with E-state index < -0.39 is 135 Å². The van der Waals surface area contributed by atoms with Crippen LogP contribution < -0.4 is 65.9 Å². The number of hydrogen-bond donors (Lipinski definition) is 12. The second-order valence-electron chi connectivity index (χ2n) is 22.6. The largest absolute Gasteiger partial charge is 0.416 e. The lowest BCUT2D eigenvalue weighted by molar-refractivity contribution is -0.137. The van der Waals surface area contributed by atoms with Crippen LogP contribution in [-0.2, 0) is 61.0 Å². The molecule has 0 spiro atoms. The zero-order valence-electron chi connectivity index (χ0n) is 49.7. The fourth-order valence-corrected chi connectivity index (χ4v) is 10.5. The fraction of sp³-hybridized carbons (Fsp3) is 0.649. The minimum atomic E-state index is -4.76. The Labute approximate surface area is 493 Å².